The fraction of sp³-hybridized carbons (Fsp3) is 0.750. The smallest absolute Gasteiger partial charge is 0.265 e. The first-order valence-corrected chi connectivity index (χ1v) is 9.02. The molecule has 5 heteroatoms. The highest BCUT2D eigenvalue weighted by molar-refractivity contribution is 7.13. The Labute approximate surface area is 130 Å². The van der Waals surface area contributed by atoms with Crippen LogP contribution in [0.4, 0.5) is 0 Å². The third-order valence-electron chi connectivity index (χ3n) is 5.24. The first-order valence-electron chi connectivity index (χ1n) is 8.21. The topological polar surface area (TPSA) is 36.4 Å². The Morgan fingerprint density at radius 3 is 2.67 bits per heavy atom. The summed E-state index contributed by atoms with van der Waals surface area (Å²) in [5.74, 6) is 0.870. The summed E-state index contributed by atoms with van der Waals surface area (Å²) in [6, 6.07) is 0.976. The molecule has 3 heterocycles. The van der Waals surface area contributed by atoms with Crippen molar-refractivity contribution in [3.8, 4) is 0 Å². The summed E-state index contributed by atoms with van der Waals surface area (Å²) in [5.41, 5.74) is 0. The molecule has 0 unspecified atom stereocenters. The van der Waals surface area contributed by atoms with Crippen molar-refractivity contribution in [3.63, 3.8) is 0 Å². The minimum atomic E-state index is 0.224. The van der Waals surface area contributed by atoms with Gasteiger partial charge < -0.3 is 9.80 Å². The van der Waals surface area contributed by atoms with Gasteiger partial charge >= 0.3 is 0 Å². The molecule has 3 aliphatic rings. The van der Waals surface area contributed by atoms with E-state index in [0.717, 1.165) is 24.3 Å². The average molecular weight is 305 g/mol. The van der Waals surface area contributed by atoms with E-state index in [9.17, 15) is 4.79 Å². The van der Waals surface area contributed by atoms with Gasteiger partial charge in [-0.25, -0.2) is 4.98 Å². The predicted molar refractivity (Wildman–Crippen MR) is 83.8 cm³/mol. The Bertz CT molecular complexity index is 539. The Balaban J connectivity index is 1.51. The van der Waals surface area contributed by atoms with Crippen LogP contribution in [0.15, 0.2) is 6.20 Å². The van der Waals surface area contributed by atoms with E-state index in [1.165, 1.54) is 37.2 Å². The maximum atomic E-state index is 12.9. The average Bonchev–Trinajstić information content (AvgIpc) is 2.93. The second-order valence-electron chi connectivity index (χ2n) is 6.74. The summed E-state index contributed by atoms with van der Waals surface area (Å²) < 4.78 is 0. The van der Waals surface area contributed by atoms with Gasteiger partial charge in [-0.05, 0) is 52.1 Å². The summed E-state index contributed by atoms with van der Waals surface area (Å²) in [7, 11) is 2.20. The van der Waals surface area contributed by atoms with Gasteiger partial charge in [0.25, 0.3) is 5.91 Å². The highest BCUT2D eigenvalue weighted by Crippen LogP contribution is 2.42. The van der Waals surface area contributed by atoms with Crippen molar-refractivity contribution in [1.82, 2.24) is 14.8 Å². The molecule has 0 radical (unpaired) electrons. The summed E-state index contributed by atoms with van der Waals surface area (Å²) in [4.78, 5) is 22.8. The van der Waals surface area contributed by atoms with E-state index in [4.69, 9.17) is 0 Å². The van der Waals surface area contributed by atoms with Crippen LogP contribution < -0.4 is 0 Å². The first kappa shape index (κ1) is 13.7. The van der Waals surface area contributed by atoms with Crippen molar-refractivity contribution in [2.24, 2.45) is 0 Å². The van der Waals surface area contributed by atoms with Gasteiger partial charge in [0.1, 0.15) is 4.88 Å². The molecule has 1 aliphatic carbocycles. The molecule has 0 bridgehead atoms. The Morgan fingerprint density at radius 2 is 1.95 bits per heavy atom. The standard InChI is InChI=1S/C16H23N3OS/c1-18-8-2-4-12(18)13-5-3-9-19(13)16(20)14-10-17-15(21-14)11-6-7-11/h10-13H,2-9H2,1H3/t12-,13+/m1/s1. The molecule has 21 heavy (non-hydrogen) atoms. The summed E-state index contributed by atoms with van der Waals surface area (Å²) in [5, 5.41) is 1.17. The first-order chi connectivity index (χ1) is 10.2. The molecule has 2 saturated heterocycles. The van der Waals surface area contributed by atoms with Crippen molar-refractivity contribution >= 4 is 17.2 Å². The number of hydrogen-bond acceptors (Lipinski definition) is 4. The van der Waals surface area contributed by atoms with Gasteiger partial charge in [-0.1, -0.05) is 0 Å². The molecule has 1 aromatic rings. The number of aromatic nitrogens is 1. The molecule has 2 atom stereocenters. The molecule has 2 aliphatic heterocycles. The molecule has 0 N–H and O–H groups in total. The zero-order valence-corrected chi connectivity index (χ0v) is 13.4. The Hall–Kier alpha value is -0.940. The van der Waals surface area contributed by atoms with Crippen LogP contribution in [0, 0.1) is 0 Å². The van der Waals surface area contributed by atoms with Gasteiger partial charge in [0.05, 0.1) is 11.2 Å². The predicted octanol–water partition coefficient (Wildman–Crippen LogP) is 2.72. The highest BCUT2D eigenvalue weighted by atomic mass is 32.1. The van der Waals surface area contributed by atoms with Crippen LogP contribution in [0.5, 0.6) is 0 Å². The largest absolute Gasteiger partial charge is 0.333 e. The number of carbonyl (C=O) groups excluding carboxylic acids is 1. The number of carbonyl (C=O) groups is 1. The van der Waals surface area contributed by atoms with Gasteiger partial charge in [0, 0.05) is 24.5 Å². The number of nitrogens with zero attached hydrogens (tertiary/aromatic N) is 3. The van der Waals surface area contributed by atoms with E-state index in [1.54, 1.807) is 11.3 Å². The molecule has 1 amide bonds. The van der Waals surface area contributed by atoms with Gasteiger partial charge in [0.15, 0.2) is 0 Å². The number of likely N-dealkylation sites (tertiary alicyclic amines) is 2. The van der Waals surface area contributed by atoms with Crippen molar-refractivity contribution in [2.75, 3.05) is 20.1 Å². The van der Waals surface area contributed by atoms with Crippen LogP contribution in [-0.4, -0.2) is 52.9 Å². The Morgan fingerprint density at radius 1 is 1.19 bits per heavy atom. The lowest BCUT2D eigenvalue weighted by Crippen LogP contribution is -2.46. The van der Waals surface area contributed by atoms with Crippen molar-refractivity contribution in [3.05, 3.63) is 16.1 Å². The molecule has 4 rings (SSSR count). The SMILES string of the molecule is CN1CCC[C@@H]1[C@@H]1CCCN1C(=O)c1cnc(C2CC2)s1. The molecular weight excluding hydrogens is 282 g/mol. The van der Waals surface area contributed by atoms with Gasteiger partial charge in [-0.15, -0.1) is 11.3 Å². The summed E-state index contributed by atoms with van der Waals surface area (Å²) in [6.45, 7) is 2.10. The molecule has 114 valence electrons. The monoisotopic (exact) mass is 305 g/mol. The fourth-order valence-electron chi connectivity index (χ4n) is 3.91. The molecule has 4 nitrogen and oxygen atoms in total. The zero-order valence-electron chi connectivity index (χ0n) is 12.6. The lowest BCUT2D eigenvalue weighted by atomic mass is 10.0. The molecule has 3 fully saturated rings. The zero-order chi connectivity index (χ0) is 14.4. The van der Waals surface area contributed by atoms with Crippen molar-refractivity contribution in [2.45, 2.75) is 56.5 Å². The molecule has 1 aromatic heterocycles. The number of hydrogen-bond donors (Lipinski definition) is 0. The normalized spacial score (nSPS) is 30.2. The second kappa shape index (κ2) is 5.36. The van der Waals surface area contributed by atoms with Crippen LogP contribution in [0.3, 0.4) is 0 Å². The van der Waals surface area contributed by atoms with Gasteiger partial charge in [0.2, 0.25) is 0 Å². The third-order valence-corrected chi connectivity index (χ3v) is 6.39. The van der Waals surface area contributed by atoms with Crippen LogP contribution in [-0.2, 0) is 0 Å². The van der Waals surface area contributed by atoms with Gasteiger partial charge in [-0.2, -0.15) is 0 Å². The minimum Gasteiger partial charge on any atom is -0.333 e. The maximum absolute atomic E-state index is 12.9. The number of thiazole rings is 1. The van der Waals surface area contributed by atoms with Crippen molar-refractivity contribution in [1.29, 1.82) is 0 Å². The molecule has 0 spiro atoms. The van der Waals surface area contributed by atoms with E-state index in [-0.39, 0.29) is 5.91 Å². The van der Waals surface area contributed by atoms with Crippen LogP contribution in [0.1, 0.15) is 59.1 Å². The lowest BCUT2D eigenvalue weighted by Gasteiger charge is -2.33. The third kappa shape index (κ3) is 2.50. The van der Waals surface area contributed by atoms with E-state index in [1.807, 2.05) is 6.20 Å². The molecule has 1 saturated carbocycles. The number of likely N-dealkylation sites (N-methyl/N-ethyl adjacent to an activating group) is 1. The van der Waals surface area contributed by atoms with E-state index in [2.05, 4.69) is 21.8 Å². The molecule has 0 aromatic carbocycles. The van der Waals surface area contributed by atoms with Crippen molar-refractivity contribution < 1.29 is 4.79 Å². The quantitative estimate of drug-likeness (QED) is 0.861. The lowest BCUT2D eigenvalue weighted by molar-refractivity contribution is 0.0669. The summed E-state index contributed by atoms with van der Waals surface area (Å²) in [6.07, 6.45) is 9.13. The Kier molecular flexibility index (Phi) is 3.50. The van der Waals surface area contributed by atoms with Crippen LogP contribution in [0.2, 0.25) is 0 Å². The minimum absolute atomic E-state index is 0.224. The van der Waals surface area contributed by atoms with E-state index >= 15 is 0 Å². The fourth-order valence-corrected chi connectivity index (χ4v) is 4.96. The number of rotatable bonds is 3. The number of amides is 1. The summed E-state index contributed by atoms with van der Waals surface area (Å²) >= 11 is 1.63. The van der Waals surface area contributed by atoms with E-state index in [0.29, 0.717) is 18.0 Å². The van der Waals surface area contributed by atoms with E-state index < -0.39 is 0 Å². The maximum Gasteiger partial charge on any atom is 0.265 e. The van der Waals surface area contributed by atoms with Gasteiger partial charge in [-0.3, -0.25) is 4.79 Å². The molecular formula is C16H23N3OS. The second-order valence-corrected chi connectivity index (χ2v) is 7.80. The highest BCUT2D eigenvalue weighted by Gasteiger charge is 2.39. The van der Waals surface area contributed by atoms with Crippen LogP contribution in [0.25, 0.3) is 0 Å². The van der Waals surface area contributed by atoms with Crippen LogP contribution >= 0.6 is 11.3 Å².